The molecular formula is C18H23BrIN3O2. The molecule has 0 atom stereocenters. The Labute approximate surface area is 174 Å². The number of guanidine groups is 1. The van der Waals surface area contributed by atoms with E-state index < -0.39 is 0 Å². The van der Waals surface area contributed by atoms with Crippen molar-refractivity contribution in [2.75, 3.05) is 20.8 Å². The van der Waals surface area contributed by atoms with Crippen molar-refractivity contribution in [2.45, 2.75) is 13.0 Å². The van der Waals surface area contributed by atoms with Crippen molar-refractivity contribution in [3.63, 3.8) is 0 Å². The Bertz CT molecular complexity index is 696. The summed E-state index contributed by atoms with van der Waals surface area (Å²) in [5.41, 5.74) is 8.17. The number of benzene rings is 2. The van der Waals surface area contributed by atoms with E-state index in [1.165, 1.54) is 5.56 Å². The van der Waals surface area contributed by atoms with Crippen LogP contribution in [0.2, 0.25) is 0 Å². The van der Waals surface area contributed by atoms with E-state index in [2.05, 4.69) is 38.4 Å². The fourth-order valence-corrected chi connectivity index (χ4v) is 2.67. The number of aliphatic imine (C=N–C) groups is 1. The Kier molecular flexibility index (Phi) is 9.66. The monoisotopic (exact) mass is 519 g/mol. The van der Waals surface area contributed by atoms with Gasteiger partial charge in [-0.2, -0.15) is 0 Å². The largest absolute Gasteiger partial charge is 0.493 e. The first-order valence-corrected chi connectivity index (χ1v) is 8.41. The fourth-order valence-electron chi connectivity index (χ4n) is 2.22. The van der Waals surface area contributed by atoms with Crippen LogP contribution in [0.4, 0.5) is 0 Å². The second-order valence-electron chi connectivity index (χ2n) is 5.16. The zero-order valence-corrected chi connectivity index (χ0v) is 18.2. The van der Waals surface area contributed by atoms with Gasteiger partial charge in [0.15, 0.2) is 17.5 Å². The van der Waals surface area contributed by atoms with Gasteiger partial charge < -0.3 is 20.5 Å². The topological polar surface area (TPSA) is 68.9 Å². The molecule has 2 rings (SSSR count). The van der Waals surface area contributed by atoms with Crippen molar-refractivity contribution in [3.8, 4) is 11.5 Å². The van der Waals surface area contributed by atoms with Gasteiger partial charge in [0.2, 0.25) is 0 Å². The number of halogens is 2. The van der Waals surface area contributed by atoms with Gasteiger partial charge in [-0.15, -0.1) is 24.0 Å². The van der Waals surface area contributed by atoms with Crippen molar-refractivity contribution in [2.24, 2.45) is 10.7 Å². The molecule has 0 aromatic heterocycles. The lowest BCUT2D eigenvalue weighted by atomic mass is 10.1. The minimum atomic E-state index is 0. The van der Waals surface area contributed by atoms with Crippen molar-refractivity contribution < 1.29 is 9.47 Å². The van der Waals surface area contributed by atoms with E-state index >= 15 is 0 Å². The molecule has 0 radical (unpaired) electrons. The van der Waals surface area contributed by atoms with Crippen LogP contribution in [-0.4, -0.2) is 26.7 Å². The van der Waals surface area contributed by atoms with E-state index in [0.29, 0.717) is 24.0 Å². The van der Waals surface area contributed by atoms with Crippen LogP contribution in [0.3, 0.4) is 0 Å². The lowest BCUT2D eigenvalue weighted by Crippen LogP contribution is -2.33. The Morgan fingerprint density at radius 1 is 1.12 bits per heavy atom. The molecule has 0 amide bonds. The van der Waals surface area contributed by atoms with Crippen molar-refractivity contribution >= 4 is 45.9 Å². The van der Waals surface area contributed by atoms with Crippen molar-refractivity contribution in [1.29, 1.82) is 0 Å². The van der Waals surface area contributed by atoms with Gasteiger partial charge in [-0.3, -0.25) is 0 Å². The van der Waals surface area contributed by atoms with Gasteiger partial charge in [-0.25, -0.2) is 4.99 Å². The van der Waals surface area contributed by atoms with Crippen LogP contribution in [0, 0.1) is 0 Å². The number of nitrogens with zero attached hydrogens (tertiary/aromatic N) is 1. The van der Waals surface area contributed by atoms with Gasteiger partial charge in [0.05, 0.1) is 20.8 Å². The normalized spacial score (nSPS) is 10.8. The first-order chi connectivity index (χ1) is 11.6. The summed E-state index contributed by atoms with van der Waals surface area (Å²) in [7, 11) is 3.22. The maximum absolute atomic E-state index is 5.93. The molecule has 2 aromatic rings. The number of methoxy groups -OCH3 is 2. The predicted molar refractivity (Wildman–Crippen MR) is 116 cm³/mol. The van der Waals surface area contributed by atoms with E-state index in [-0.39, 0.29) is 24.0 Å². The summed E-state index contributed by atoms with van der Waals surface area (Å²) in [6.45, 7) is 1.19. The summed E-state index contributed by atoms with van der Waals surface area (Å²) in [6, 6.07) is 14.0. The van der Waals surface area contributed by atoms with Crippen LogP contribution in [-0.2, 0) is 13.0 Å². The van der Waals surface area contributed by atoms with E-state index in [0.717, 1.165) is 23.0 Å². The Hall–Kier alpha value is -1.48. The maximum Gasteiger partial charge on any atom is 0.188 e. The minimum absolute atomic E-state index is 0. The first-order valence-electron chi connectivity index (χ1n) is 7.62. The molecule has 0 heterocycles. The second-order valence-corrected chi connectivity index (χ2v) is 6.02. The third kappa shape index (κ3) is 6.74. The third-order valence-electron chi connectivity index (χ3n) is 3.53. The molecule has 0 saturated carbocycles. The maximum atomic E-state index is 5.93. The quantitative estimate of drug-likeness (QED) is 0.332. The number of nitrogens with two attached hydrogens (primary N) is 1. The molecule has 0 fully saturated rings. The summed E-state index contributed by atoms with van der Waals surface area (Å²) in [5.74, 6) is 1.76. The summed E-state index contributed by atoms with van der Waals surface area (Å²) in [5, 5.41) is 3.13. The number of rotatable bonds is 7. The van der Waals surface area contributed by atoms with E-state index in [1.54, 1.807) is 14.2 Å². The minimum Gasteiger partial charge on any atom is -0.493 e. The summed E-state index contributed by atoms with van der Waals surface area (Å²) < 4.78 is 11.5. The molecule has 136 valence electrons. The SMILES string of the molecule is COc1cc(Br)c(CN=C(N)NCCc2ccccc2)cc1OC.I. The zero-order chi connectivity index (χ0) is 17.4. The Morgan fingerprint density at radius 3 is 2.40 bits per heavy atom. The van der Waals surface area contributed by atoms with E-state index in [4.69, 9.17) is 15.2 Å². The third-order valence-corrected chi connectivity index (χ3v) is 4.27. The standard InChI is InChI=1S/C18H22BrN3O2.HI/c1-23-16-10-14(15(19)11-17(16)24-2)12-22-18(20)21-9-8-13-6-4-3-5-7-13;/h3-7,10-11H,8-9,12H2,1-2H3,(H3,20,21,22);1H. The molecule has 3 N–H and O–H groups in total. The van der Waals surface area contributed by atoms with E-state index in [9.17, 15) is 0 Å². The van der Waals surface area contributed by atoms with Crippen LogP contribution < -0.4 is 20.5 Å². The fraction of sp³-hybridized carbons (Fsp3) is 0.278. The van der Waals surface area contributed by atoms with Gasteiger partial charge in [-0.05, 0) is 29.7 Å². The number of hydrogen-bond donors (Lipinski definition) is 2. The molecule has 0 spiro atoms. The molecule has 5 nitrogen and oxygen atoms in total. The molecule has 0 unspecified atom stereocenters. The highest BCUT2D eigenvalue weighted by Crippen LogP contribution is 2.33. The summed E-state index contributed by atoms with van der Waals surface area (Å²) >= 11 is 3.52. The molecule has 0 saturated heterocycles. The molecule has 2 aromatic carbocycles. The van der Waals surface area contributed by atoms with Crippen LogP contribution in [0.5, 0.6) is 11.5 Å². The van der Waals surface area contributed by atoms with Gasteiger partial charge in [0, 0.05) is 11.0 Å². The zero-order valence-electron chi connectivity index (χ0n) is 14.3. The average molecular weight is 520 g/mol. The first kappa shape index (κ1) is 21.6. The van der Waals surface area contributed by atoms with Crippen LogP contribution in [0.1, 0.15) is 11.1 Å². The highest BCUT2D eigenvalue weighted by molar-refractivity contribution is 14.0. The van der Waals surface area contributed by atoms with E-state index in [1.807, 2.05) is 30.3 Å². The van der Waals surface area contributed by atoms with Gasteiger partial charge in [-0.1, -0.05) is 46.3 Å². The summed E-state index contributed by atoms with van der Waals surface area (Å²) in [4.78, 5) is 4.37. The van der Waals surface area contributed by atoms with Gasteiger partial charge >= 0.3 is 0 Å². The van der Waals surface area contributed by atoms with Gasteiger partial charge in [0.1, 0.15) is 0 Å². The predicted octanol–water partition coefficient (Wildman–Crippen LogP) is 3.73. The highest BCUT2D eigenvalue weighted by atomic mass is 127. The van der Waals surface area contributed by atoms with Crippen LogP contribution in [0.25, 0.3) is 0 Å². The van der Waals surface area contributed by atoms with Crippen molar-refractivity contribution in [3.05, 3.63) is 58.1 Å². The number of hydrogen-bond acceptors (Lipinski definition) is 3. The Morgan fingerprint density at radius 2 is 1.76 bits per heavy atom. The van der Waals surface area contributed by atoms with Crippen LogP contribution >= 0.6 is 39.9 Å². The average Bonchev–Trinajstić information content (AvgIpc) is 2.61. The molecule has 0 aliphatic carbocycles. The molecule has 0 bridgehead atoms. The lowest BCUT2D eigenvalue weighted by molar-refractivity contribution is 0.354. The highest BCUT2D eigenvalue weighted by Gasteiger charge is 2.09. The Balaban J connectivity index is 0.00000312. The lowest BCUT2D eigenvalue weighted by Gasteiger charge is -2.11. The smallest absolute Gasteiger partial charge is 0.188 e. The molecule has 0 aliphatic heterocycles. The van der Waals surface area contributed by atoms with Crippen molar-refractivity contribution in [1.82, 2.24) is 5.32 Å². The summed E-state index contributed by atoms with van der Waals surface area (Å²) in [6.07, 6.45) is 0.900. The molecule has 0 aliphatic rings. The van der Waals surface area contributed by atoms with Gasteiger partial charge in [0.25, 0.3) is 0 Å². The van der Waals surface area contributed by atoms with Crippen LogP contribution in [0.15, 0.2) is 51.9 Å². The number of ether oxygens (including phenoxy) is 2. The number of nitrogens with one attached hydrogen (secondary N) is 1. The molecule has 25 heavy (non-hydrogen) atoms. The second kappa shape index (κ2) is 11.2. The molecular weight excluding hydrogens is 497 g/mol. The molecule has 7 heteroatoms.